The van der Waals surface area contributed by atoms with Gasteiger partial charge in [-0.25, -0.2) is 0 Å². The largest absolute Gasteiger partial charge is 0.355 e. The average molecular weight is 373 g/mol. The van der Waals surface area contributed by atoms with Gasteiger partial charge in [-0.15, -0.1) is 0 Å². The molecule has 2 amide bonds. The summed E-state index contributed by atoms with van der Waals surface area (Å²) in [5.41, 5.74) is 1.45. The number of hydrogen-bond donors (Lipinski definition) is 2. The summed E-state index contributed by atoms with van der Waals surface area (Å²) in [5, 5.41) is 6.24. The van der Waals surface area contributed by atoms with Crippen LogP contribution in [-0.2, 0) is 16.0 Å². The number of nitrogens with one attached hydrogen (secondary N) is 2. The van der Waals surface area contributed by atoms with Gasteiger partial charge in [0.1, 0.15) is 5.41 Å². The summed E-state index contributed by atoms with van der Waals surface area (Å²) in [6, 6.07) is 15.4. The molecule has 2 N–H and O–H groups in total. The zero-order valence-electron chi connectivity index (χ0n) is 15.4. The van der Waals surface area contributed by atoms with Crippen LogP contribution in [0.2, 0.25) is 5.02 Å². The number of carbonyl (C=O) groups excluding carboxylic acids is 2. The van der Waals surface area contributed by atoms with Gasteiger partial charge in [0.2, 0.25) is 11.8 Å². The Kier molecular flexibility index (Phi) is 6.81. The zero-order chi connectivity index (χ0) is 19.2. The zero-order valence-corrected chi connectivity index (χ0v) is 16.2. The summed E-state index contributed by atoms with van der Waals surface area (Å²) in [4.78, 5) is 25.0. The number of benzene rings is 2. The number of amides is 2. The van der Waals surface area contributed by atoms with Crippen molar-refractivity contribution in [1.82, 2.24) is 5.32 Å². The molecule has 138 valence electrons. The van der Waals surface area contributed by atoms with Gasteiger partial charge in [0, 0.05) is 17.3 Å². The summed E-state index contributed by atoms with van der Waals surface area (Å²) < 4.78 is 0. The molecule has 0 aromatic heterocycles. The molecular formula is C21H25ClN2O2. The lowest BCUT2D eigenvalue weighted by molar-refractivity contribution is -0.138. The molecule has 26 heavy (non-hydrogen) atoms. The fraction of sp³-hybridized carbons (Fsp3) is 0.333. The first kappa shape index (κ1) is 20.0. The van der Waals surface area contributed by atoms with Gasteiger partial charge in [0.25, 0.3) is 0 Å². The van der Waals surface area contributed by atoms with Crippen LogP contribution in [0.3, 0.4) is 0 Å². The second-order valence-corrected chi connectivity index (χ2v) is 7.24. The molecule has 0 fully saturated rings. The second-order valence-electron chi connectivity index (χ2n) is 6.84. The predicted octanol–water partition coefficient (Wildman–Crippen LogP) is 4.36. The summed E-state index contributed by atoms with van der Waals surface area (Å²) in [6.45, 7) is 5.60. The molecule has 2 aromatic carbocycles. The predicted molar refractivity (Wildman–Crippen MR) is 106 cm³/mol. The second kappa shape index (κ2) is 8.86. The van der Waals surface area contributed by atoms with Gasteiger partial charge in [-0.3, -0.25) is 9.59 Å². The van der Waals surface area contributed by atoms with Gasteiger partial charge in [-0.2, -0.15) is 0 Å². The maximum absolute atomic E-state index is 12.6. The Morgan fingerprint density at radius 3 is 2.38 bits per heavy atom. The van der Waals surface area contributed by atoms with Crippen molar-refractivity contribution in [3.63, 3.8) is 0 Å². The topological polar surface area (TPSA) is 58.2 Å². The molecule has 2 aromatic rings. The van der Waals surface area contributed by atoms with Crippen LogP contribution in [0.15, 0.2) is 48.5 Å². The third-order valence-electron chi connectivity index (χ3n) is 4.42. The van der Waals surface area contributed by atoms with Gasteiger partial charge < -0.3 is 10.6 Å². The molecule has 0 atom stereocenters. The van der Waals surface area contributed by atoms with E-state index in [1.807, 2.05) is 25.1 Å². The molecule has 0 heterocycles. The quantitative estimate of drug-likeness (QED) is 0.560. The SMILES string of the molecule is Cc1c(Cl)cccc1NC(=O)C(C)(C)C(=O)NCCCc1ccccc1. The molecule has 5 heteroatoms. The minimum atomic E-state index is -1.18. The van der Waals surface area contributed by atoms with E-state index in [4.69, 9.17) is 11.6 Å². The third kappa shape index (κ3) is 5.09. The summed E-state index contributed by atoms with van der Waals surface area (Å²) in [5.74, 6) is -0.647. The minimum Gasteiger partial charge on any atom is -0.355 e. The fourth-order valence-corrected chi connectivity index (χ4v) is 2.66. The number of rotatable bonds is 7. The number of hydrogen-bond acceptors (Lipinski definition) is 2. The van der Waals surface area contributed by atoms with E-state index in [9.17, 15) is 9.59 Å². The third-order valence-corrected chi connectivity index (χ3v) is 4.83. The average Bonchev–Trinajstić information content (AvgIpc) is 2.63. The molecule has 0 aliphatic carbocycles. The lowest BCUT2D eigenvalue weighted by Gasteiger charge is -2.23. The Bertz CT molecular complexity index is 773. The lowest BCUT2D eigenvalue weighted by atomic mass is 9.90. The standard InChI is InChI=1S/C21H25ClN2O2/c1-15-17(22)12-7-13-18(15)24-20(26)21(2,3)19(25)23-14-8-11-16-9-5-4-6-10-16/h4-7,9-10,12-13H,8,11,14H2,1-3H3,(H,23,25)(H,24,26). The lowest BCUT2D eigenvalue weighted by Crippen LogP contribution is -2.45. The maximum Gasteiger partial charge on any atom is 0.239 e. The summed E-state index contributed by atoms with van der Waals surface area (Å²) in [7, 11) is 0. The first-order valence-corrected chi connectivity index (χ1v) is 9.09. The minimum absolute atomic E-state index is 0.289. The van der Waals surface area contributed by atoms with Gasteiger partial charge in [-0.1, -0.05) is 48.0 Å². The number of carbonyl (C=O) groups is 2. The molecule has 0 saturated carbocycles. The van der Waals surface area contributed by atoms with Crippen molar-refractivity contribution >= 4 is 29.1 Å². The van der Waals surface area contributed by atoms with Crippen molar-refractivity contribution in [3.05, 3.63) is 64.7 Å². The highest BCUT2D eigenvalue weighted by Gasteiger charge is 2.36. The molecule has 0 spiro atoms. The Labute approximate surface area is 159 Å². The van der Waals surface area contributed by atoms with Crippen LogP contribution in [0.1, 0.15) is 31.4 Å². The molecule has 2 rings (SSSR count). The summed E-state index contributed by atoms with van der Waals surface area (Å²) >= 11 is 6.08. The van der Waals surface area contributed by atoms with Gasteiger partial charge in [-0.05, 0) is 56.9 Å². The van der Waals surface area contributed by atoms with Crippen molar-refractivity contribution in [2.24, 2.45) is 5.41 Å². The first-order chi connectivity index (χ1) is 12.3. The van der Waals surface area contributed by atoms with Crippen LogP contribution in [0.4, 0.5) is 5.69 Å². The van der Waals surface area contributed by atoms with Gasteiger partial charge in [0.15, 0.2) is 0 Å². The highest BCUT2D eigenvalue weighted by molar-refractivity contribution is 6.31. The van der Waals surface area contributed by atoms with Crippen LogP contribution in [0, 0.1) is 12.3 Å². The van der Waals surface area contributed by atoms with Gasteiger partial charge >= 0.3 is 0 Å². The molecule has 0 radical (unpaired) electrons. The van der Waals surface area contributed by atoms with E-state index >= 15 is 0 Å². The Balaban J connectivity index is 1.87. The number of halogens is 1. The van der Waals surface area contributed by atoms with Crippen molar-refractivity contribution in [3.8, 4) is 0 Å². The Morgan fingerprint density at radius 2 is 1.69 bits per heavy atom. The maximum atomic E-state index is 12.6. The van der Waals surface area contributed by atoms with Crippen molar-refractivity contribution < 1.29 is 9.59 Å². The number of anilines is 1. The van der Waals surface area contributed by atoms with Crippen molar-refractivity contribution in [1.29, 1.82) is 0 Å². The molecular weight excluding hydrogens is 348 g/mol. The molecule has 0 unspecified atom stereocenters. The first-order valence-electron chi connectivity index (χ1n) is 8.71. The Morgan fingerprint density at radius 1 is 1.00 bits per heavy atom. The van der Waals surface area contributed by atoms with Crippen LogP contribution in [0.25, 0.3) is 0 Å². The van der Waals surface area contributed by atoms with E-state index in [1.165, 1.54) is 5.56 Å². The summed E-state index contributed by atoms with van der Waals surface area (Å²) in [6.07, 6.45) is 1.70. The van der Waals surface area contributed by atoms with Crippen LogP contribution in [-0.4, -0.2) is 18.4 Å². The van der Waals surface area contributed by atoms with Gasteiger partial charge in [0.05, 0.1) is 0 Å². The molecule has 0 saturated heterocycles. The van der Waals surface area contributed by atoms with E-state index in [1.54, 1.807) is 32.0 Å². The molecule has 0 aliphatic heterocycles. The molecule has 0 aliphatic rings. The van der Waals surface area contributed by atoms with Crippen LogP contribution < -0.4 is 10.6 Å². The van der Waals surface area contributed by atoms with Crippen molar-refractivity contribution in [2.75, 3.05) is 11.9 Å². The molecule has 0 bridgehead atoms. The monoisotopic (exact) mass is 372 g/mol. The fourth-order valence-electron chi connectivity index (χ4n) is 2.48. The van der Waals surface area contributed by atoms with E-state index in [-0.39, 0.29) is 11.8 Å². The van der Waals surface area contributed by atoms with E-state index in [0.717, 1.165) is 18.4 Å². The van der Waals surface area contributed by atoms with Crippen molar-refractivity contribution in [2.45, 2.75) is 33.6 Å². The normalized spacial score (nSPS) is 11.1. The smallest absolute Gasteiger partial charge is 0.239 e. The van der Waals surface area contributed by atoms with E-state index < -0.39 is 5.41 Å². The van der Waals surface area contributed by atoms with E-state index in [0.29, 0.717) is 17.3 Å². The highest BCUT2D eigenvalue weighted by Crippen LogP contribution is 2.25. The Hall–Kier alpha value is -2.33. The highest BCUT2D eigenvalue weighted by atomic mass is 35.5. The number of aryl methyl sites for hydroxylation is 1. The van der Waals surface area contributed by atoms with Crippen LogP contribution in [0.5, 0.6) is 0 Å². The van der Waals surface area contributed by atoms with E-state index in [2.05, 4.69) is 22.8 Å². The molecule has 4 nitrogen and oxygen atoms in total. The van der Waals surface area contributed by atoms with Crippen LogP contribution >= 0.6 is 11.6 Å².